The lowest BCUT2D eigenvalue weighted by Crippen LogP contribution is -2.26. The molecule has 0 saturated heterocycles. The van der Waals surface area contributed by atoms with Gasteiger partial charge in [0.2, 0.25) is 10.0 Å². The number of rotatable bonds is 7. The molecular formula is C14H19N3O2S2. The first-order valence-corrected chi connectivity index (χ1v) is 9.18. The zero-order valence-corrected chi connectivity index (χ0v) is 13.5. The molecule has 0 spiro atoms. The summed E-state index contributed by atoms with van der Waals surface area (Å²) in [5, 5.41) is 1.91. The van der Waals surface area contributed by atoms with Gasteiger partial charge >= 0.3 is 0 Å². The van der Waals surface area contributed by atoms with E-state index in [1.54, 1.807) is 23.7 Å². The number of nitrogens with two attached hydrogens (primary N) is 1. The summed E-state index contributed by atoms with van der Waals surface area (Å²) in [4.78, 5) is 4.38. The van der Waals surface area contributed by atoms with E-state index < -0.39 is 10.0 Å². The zero-order chi connectivity index (χ0) is 15.3. The van der Waals surface area contributed by atoms with Crippen molar-refractivity contribution in [2.75, 3.05) is 6.54 Å². The third-order valence-electron chi connectivity index (χ3n) is 3.19. The van der Waals surface area contributed by atoms with E-state index in [1.165, 1.54) is 11.3 Å². The minimum atomic E-state index is -3.51. The highest BCUT2D eigenvalue weighted by Gasteiger charge is 2.15. The topological polar surface area (TPSA) is 85.1 Å². The Kier molecular flexibility index (Phi) is 5.46. The average Bonchev–Trinajstić information content (AvgIpc) is 2.99. The second kappa shape index (κ2) is 7.13. The number of sulfonamides is 1. The Labute approximate surface area is 129 Å². The Morgan fingerprint density at radius 1 is 1.43 bits per heavy atom. The molecule has 114 valence electrons. The van der Waals surface area contributed by atoms with Crippen LogP contribution in [0.4, 0.5) is 0 Å². The summed E-state index contributed by atoms with van der Waals surface area (Å²) in [5.74, 6) is 0. The lowest BCUT2D eigenvalue weighted by atomic mass is 10.1. The fraction of sp³-hybridized carbons (Fsp3) is 0.357. The molecule has 1 atom stereocenters. The SMILES string of the molecule is CCC(N)c1cccc(S(=O)(=O)NCCc2cscn2)c1. The first-order chi connectivity index (χ1) is 10.0. The van der Waals surface area contributed by atoms with Crippen molar-refractivity contribution in [2.24, 2.45) is 5.73 Å². The normalized spacial score (nSPS) is 13.2. The second-order valence-corrected chi connectivity index (χ2v) is 7.20. The summed E-state index contributed by atoms with van der Waals surface area (Å²) in [6.45, 7) is 2.30. The van der Waals surface area contributed by atoms with Gasteiger partial charge in [-0.25, -0.2) is 18.1 Å². The molecule has 0 saturated carbocycles. The Morgan fingerprint density at radius 2 is 2.24 bits per heavy atom. The van der Waals surface area contributed by atoms with Gasteiger partial charge in [0.15, 0.2) is 0 Å². The predicted molar refractivity (Wildman–Crippen MR) is 84.7 cm³/mol. The van der Waals surface area contributed by atoms with Crippen LogP contribution in [-0.2, 0) is 16.4 Å². The second-order valence-electron chi connectivity index (χ2n) is 4.71. The third kappa shape index (κ3) is 4.34. The van der Waals surface area contributed by atoms with Crippen molar-refractivity contribution in [2.45, 2.75) is 30.7 Å². The van der Waals surface area contributed by atoms with Gasteiger partial charge in [0, 0.05) is 24.4 Å². The number of aromatic nitrogens is 1. The van der Waals surface area contributed by atoms with Gasteiger partial charge in [-0.1, -0.05) is 19.1 Å². The van der Waals surface area contributed by atoms with E-state index in [2.05, 4.69) is 9.71 Å². The van der Waals surface area contributed by atoms with Crippen LogP contribution >= 0.6 is 11.3 Å². The monoisotopic (exact) mass is 325 g/mol. The van der Waals surface area contributed by atoms with E-state index in [4.69, 9.17) is 5.73 Å². The molecule has 0 aliphatic rings. The van der Waals surface area contributed by atoms with E-state index >= 15 is 0 Å². The van der Waals surface area contributed by atoms with E-state index in [-0.39, 0.29) is 10.9 Å². The average molecular weight is 325 g/mol. The summed E-state index contributed by atoms with van der Waals surface area (Å²) < 4.78 is 27.1. The van der Waals surface area contributed by atoms with Gasteiger partial charge in [-0.05, 0) is 24.1 Å². The number of hydrogen-bond acceptors (Lipinski definition) is 5. The van der Waals surface area contributed by atoms with Crippen LogP contribution < -0.4 is 10.5 Å². The van der Waals surface area contributed by atoms with Gasteiger partial charge in [0.05, 0.1) is 16.1 Å². The highest BCUT2D eigenvalue weighted by atomic mass is 32.2. The standard InChI is InChI=1S/C14H19N3O2S2/c1-2-14(15)11-4-3-5-13(8-11)21(18,19)17-7-6-12-9-20-10-16-12/h3-5,8-10,14,17H,2,6-7,15H2,1H3. The van der Waals surface area contributed by atoms with Gasteiger partial charge < -0.3 is 5.73 Å². The van der Waals surface area contributed by atoms with Crippen LogP contribution in [0, 0.1) is 0 Å². The van der Waals surface area contributed by atoms with Crippen molar-refractivity contribution < 1.29 is 8.42 Å². The van der Waals surface area contributed by atoms with Crippen molar-refractivity contribution in [3.05, 3.63) is 46.4 Å². The van der Waals surface area contributed by atoms with Crippen LogP contribution in [0.2, 0.25) is 0 Å². The summed E-state index contributed by atoms with van der Waals surface area (Å²) in [6, 6.07) is 6.65. The molecule has 0 radical (unpaired) electrons. The minimum Gasteiger partial charge on any atom is -0.324 e. The molecule has 2 rings (SSSR count). The van der Waals surface area contributed by atoms with Gasteiger partial charge in [-0.2, -0.15) is 0 Å². The zero-order valence-electron chi connectivity index (χ0n) is 11.8. The molecule has 1 unspecified atom stereocenters. The summed E-state index contributed by atoms with van der Waals surface area (Å²) in [6.07, 6.45) is 1.34. The third-order valence-corrected chi connectivity index (χ3v) is 5.29. The van der Waals surface area contributed by atoms with Crippen LogP contribution in [0.1, 0.15) is 30.6 Å². The molecule has 0 aliphatic carbocycles. The highest BCUT2D eigenvalue weighted by molar-refractivity contribution is 7.89. The molecule has 1 aromatic carbocycles. The molecule has 7 heteroatoms. The molecule has 0 bridgehead atoms. The Hall–Kier alpha value is -1.28. The first-order valence-electron chi connectivity index (χ1n) is 6.75. The summed E-state index contributed by atoms with van der Waals surface area (Å²) >= 11 is 1.50. The molecule has 0 amide bonds. The highest BCUT2D eigenvalue weighted by Crippen LogP contribution is 2.18. The molecule has 0 aliphatic heterocycles. The van der Waals surface area contributed by atoms with Crippen molar-refractivity contribution in [3.63, 3.8) is 0 Å². The maximum absolute atomic E-state index is 12.3. The van der Waals surface area contributed by atoms with Gasteiger partial charge in [-0.3, -0.25) is 0 Å². The predicted octanol–water partition coefficient (Wildman–Crippen LogP) is 2.07. The summed E-state index contributed by atoms with van der Waals surface area (Å²) in [7, 11) is -3.51. The minimum absolute atomic E-state index is 0.143. The van der Waals surface area contributed by atoms with E-state index in [0.29, 0.717) is 13.0 Å². The molecule has 3 N–H and O–H groups in total. The number of thiazole rings is 1. The number of nitrogens with one attached hydrogen (secondary N) is 1. The molecule has 0 fully saturated rings. The smallest absolute Gasteiger partial charge is 0.240 e. The molecule has 1 heterocycles. The van der Waals surface area contributed by atoms with Crippen molar-refractivity contribution in [1.82, 2.24) is 9.71 Å². The Bertz CT molecular complexity index is 669. The Morgan fingerprint density at radius 3 is 2.90 bits per heavy atom. The van der Waals surface area contributed by atoms with E-state index in [0.717, 1.165) is 17.7 Å². The van der Waals surface area contributed by atoms with Crippen LogP contribution in [0.25, 0.3) is 0 Å². The summed E-state index contributed by atoms with van der Waals surface area (Å²) in [5.41, 5.74) is 9.41. The number of nitrogens with zero attached hydrogens (tertiary/aromatic N) is 1. The quantitative estimate of drug-likeness (QED) is 0.816. The van der Waals surface area contributed by atoms with Crippen LogP contribution in [-0.4, -0.2) is 19.9 Å². The maximum atomic E-state index is 12.3. The lowest BCUT2D eigenvalue weighted by molar-refractivity contribution is 0.581. The van der Waals surface area contributed by atoms with Crippen LogP contribution in [0.15, 0.2) is 40.1 Å². The fourth-order valence-corrected chi connectivity index (χ4v) is 3.59. The van der Waals surface area contributed by atoms with Gasteiger partial charge in [-0.15, -0.1) is 11.3 Å². The molecule has 5 nitrogen and oxygen atoms in total. The molecule has 2 aromatic rings. The maximum Gasteiger partial charge on any atom is 0.240 e. The first kappa shape index (κ1) is 16.1. The Balaban J connectivity index is 2.05. The van der Waals surface area contributed by atoms with Gasteiger partial charge in [0.25, 0.3) is 0 Å². The van der Waals surface area contributed by atoms with Crippen molar-refractivity contribution >= 4 is 21.4 Å². The number of benzene rings is 1. The van der Waals surface area contributed by atoms with Crippen molar-refractivity contribution in [1.29, 1.82) is 0 Å². The van der Waals surface area contributed by atoms with Crippen LogP contribution in [0.5, 0.6) is 0 Å². The molecular weight excluding hydrogens is 306 g/mol. The van der Waals surface area contributed by atoms with Crippen molar-refractivity contribution in [3.8, 4) is 0 Å². The van der Waals surface area contributed by atoms with Gasteiger partial charge in [0.1, 0.15) is 0 Å². The molecule has 1 aromatic heterocycles. The van der Waals surface area contributed by atoms with E-state index in [9.17, 15) is 8.42 Å². The largest absolute Gasteiger partial charge is 0.324 e. The van der Waals surface area contributed by atoms with E-state index in [1.807, 2.05) is 18.4 Å². The lowest BCUT2D eigenvalue weighted by Gasteiger charge is -2.11. The van der Waals surface area contributed by atoms with Crippen LogP contribution in [0.3, 0.4) is 0 Å². The fourth-order valence-electron chi connectivity index (χ4n) is 1.91. The molecule has 21 heavy (non-hydrogen) atoms. The number of hydrogen-bond donors (Lipinski definition) is 2.